The monoisotopic (exact) mass is 321 g/mol. The van der Waals surface area contributed by atoms with Crippen molar-refractivity contribution in [2.24, 2.45) is 0 Å². The second-order valence-electron chi connectivity index (χ2n) is 2.60. The normalized spacial score (nSPS) is 11.0. The summed E-state index contributed by atoms with van der Waals surface area (Å²) in [5.74, 6) is -0.821. The van der Waals surface area contributed by atoms with Crippen LogP contribution >= 0.6 is 17.0 Å². The summed E-state index contributed by atoms with van der Waals surface area (Å²) in [5, 5.41) is 0.515. The molecular formula is C8H6BrF4Zn. The number of alkyl halides is 3. The van der Waals surface area contributed by atoms with Gasteiger partial charge < -0.3 is 0 Å². The van der Waals surface area contributed by atoms with Crippen molar-refractivity contribution >= 4 is 17.0 Å². The molecule has 0 atom stereocenters. The second-order valence-corrected chi connectivity index (χ2v) is 3.64. The third-order valence-electron chi connectivity index (χ3n) is 1.57. The zero-order valence-corrected chi connectivity index (χ0v) is 11.7. The third-order valence-corrected chi connectivity index (χ3v) is 2.78. The summed E-state index contributed by atoms with van der Waals surface area (Å²) in [6, 6.07) is 2.64. The summed E-state index contributed by atoms with van der Waals surface area (Å²) in [6.07, 6.45) is -4.45. The predicted molar refractivity (Wildman–Crippen MR) is 45.4 cm³/mol. The first-order valence-electron chi connectivity index (χ1n) is 3.59. The molecule has 0 unspecified atom stereocenters. The molecule has 0 nitrogen and oxygen atoms in total. The van der Waals surface area contributed by atoms with Gasteiger partial charge in [-0.05, 0) is 0 Å². The summed E-state index contributed by atoms with van der Waals surface area (Å²) in [4.78, 5) is 0. The summed E-state index contributed by atoms with van der Waals surface area (Å²) in [5.41, 5.74) is -0.497. The Morgan fingerprint density at radius 2 is 1.71 bits per heavy atom. The summed E-state index contributed by atoms with van der Waals surface area (Å²) >= 11 is 0.820. The van der Waals surface area contributed by atoms with Gasteiger partial charge in [0.1, 0.15) is 0 Å². The maximum atomic E-state index is 12.7. The van der Waals surface area contributed by atoms with E-state index in [1.165, 1.54) is 0 Å². The Morgan fingerprint density at radius 1 is 1.14 bits per heavy atom. The summed E-state index contributed by atoms with van der Waals surface area (Å²) < 4.78 is 49.0. The van der Waals surface area contributed by atoms with Crippen LogP contribution in [0, 0.1) is 5.82 Å². The van der Waals surface area contributed by atoms with Crippen molar-refractivity contribution < 1.29 is 35.9 Å². The molecule has 0 saturated carbocycles. The van der Waals surface area contributed by atoms with Gasteiger partial charge in [0.25, 0.3) is 0 Å². The van der Waals surface area contributed by atoms with E-state index in [9.17, 15) is 17.6 Å². The van der Waals surface area contributed by atoms with Crippen LogP contribution in [0.5, 0.6) is 0 Å². The molecule has 0 aliphatic rings. The van der Waals surface area contributed by atoms with E-state index in [1.54, 1.807) is 0 Å². The predicted octanol–water partition coefficient (Wildman–Crippen LogP) is 3.47. The van der Waals surface area contributed by atoms with Crippen molar-refractivity contribution in [3.05, 3.63) is 35.1 Å². The van der Waals surface area contributed by atoms with Gasteiger partial charge in [-0.2, -0.15) is 0 Å². The zero-order chi connectivity index (χ0) is 10.1. The van der Waals surface area contributed by atoms with Crippen LogP contribution < -0.4 is 0 Å². The van der Waals surface area contributed by atoms with Gasteiger partial charge in [0.2, 0.25) is 0 Å². The van der Waals surface area contributed by atoms with Crippen LogP contribution in [0.25, 0.3) is 0 Å². The molecule has 0 N–H and O–H groups in total. The van der Waals surface area contributed by atoms with Crippen LogP contribution in [0.2, 0.25) is 0 Å². The SMILES string of the molecule is Br.Fc1cc([CH2][Zn])cc(C(F)(F)F)c1. The Balaban J connectivity index is 0.00000169. The molecule has 0 aromatic heterocycles. The van der Waals surface area contributed by atoms with E-state index in [0.29, 0.717) is 16.6 Å². The van der Waals surface area contributed by atoms with E-state index in [4.69, 9.17) is 0 Å². The van der Waals surface area contributed by atoms with Crippen molar-refractivity contribution in [2.75, 3.05) is 0 Å². The Hall–Kier alpha value is 0.0434. The topological polar surface area (TPSA) is 0 Å². The molecule has 14 heavy (non-hydrogen) atoms. The number of benzene rings is 1. The number of rotatable bonds is 1. The molecule has 0 aliphatic carbocycles. The molecule has 0 aliphatic heterocycles. The minimum absolute atomic E-state index is 0. The van der Waals surface area contributed by atoms with Gasteiger partial charge in [-0.1, -0.05) is 0 Å². The van der Waals surface area contributed by atoms with E-state index >= 15 is 0 Å². The fourth-order valence-electron chi connectivity index (χ4n) is 0.958. The Morgan fingerprint density at radius 3 is 2.14 bits per heavy atom. The quantitative estimate of drug-likeness (QED) is 0.548. The molecule has 0 fully saturated rings. The van der Waals surface area contributed by atoms with Gasteiger partial charge >= 0.3 is 82.2 Å². The molecule has 0 heterocycles. The molecule has 0 amide bonds. The fraction of sp³-hybridized carbons (Fsp3) is 0.250. The molecule has 0 radical (unpaired) electrons. The van der Waals surface area contributed by atoms with Gasteiger partial charge in [-0.25, -0.2) is 0 Å². The van der Waals surface area contributed by atoms with Crippen molar-refractivity contribution in [3.8, 4) is 0 Å². The van der Waals surface area contributed by atoms with Gasteiger partial charge in [-0.3, -0.25) is 0 Å². The zero-order valence-electron chi connectivity index (χ0n) is 7.07. The van der Waals surface area contributed by atoms with Crippen LogP contribution in [0.1, 0.15) is 11.1 Å². The van der Waals surface area contributed by atoms with E-state index in [2.05, 4.69) is 0 Å². The van der Waals surface area contributed by atoms with Crippen LogP contribution in [0.3, 0.4) is 0 Å². The van der Waals surface area contributed by atoms with Crippen LogP contribution in [0.15, 0.2) is 18.2 Å². The molecule has 75 valence electrons. The van der Waals surface area contributed by atoms with Crippen molar-refractivity contribution in [2.45, 2.75) is 11.2 Å². The number of halogens is 5. The Bertz CT molecular complexity index is 311. The average molecular weight is 323 g/mol. The number of hydrogen-bond donors (Lipinski definition) is 0. The first-order chi connectivity index (χ1) is 5.93. The molecule has 1 aromatic rings. The first-order valence-corrected chi connectivity index (χ1v) is 5.69. The molecule has 1 aromatic carbocycles. The molecular weight excluding hydrogens is 317 g/mol. The van der Waals surface area contributed by atoms with Crippen LogP contribution in [0.4, 0.5) is 17.6 Å². The van der Waals surface area contributed by atoms with Crippen LogP contribution in [-0.2, 0) is 29.5 Å². The van der Waals surface area contributed by atoms with Gasteiger partial charge in [-0.15, -0.1) is 17.0 Å². The first kappa shape index (κ1) is 14.0. The van der Waals surface area contributed by atoms with Crippen molar-refractivity contribution in [1.29, 1.82) is 0 Å². The Kier molecular flexibility index (Phi) is 5.23. The molecule has 1 rings (SSSR count). The second kappa shape index (κ2) is 5.22. The van der Waals surface area contributed by atoms with E-state index in [0.717, 1.165) is 30.4 Å². The molecule has 0 bridgehead atoms. The van der Waals surface area contributed by atoms with E-state index < -0.39 is 17.6 Å². The fourth-order valence-corrected chi connectivity index (χ4v) is 1.56. The maximum absolute atomic E-state index is 12.7. The average Bonchev–Trinajstić information content (AvgIpc) is 2.01. The molecule has 0 saturated heterocycles. The third kappa shape index (κ3) is 3.66. The van der Waals surface area contributed by atoms with Gasteiger partial charge in [0.15, 0.2) is 0 Å². The summed E-state index contributed by atoms with van der Waals surface area (Å²) in [6.45, 7) is 0. The summed E-state index contributed by atoms with van der Waals surface area (Å²) in [7, 11) is 0. The van der Waals surface area contributed by atoms with Gasteiger partial charge in [0, 0.05) is 0 Å². The Labute approximate surface area is 99.1 Å². The molecule has 6 heteroatoms. The van der Waals surface area contributed by atoms with Crippen molar-refractivity contribution in [3.63, 3.8) is 0 Å². The van der Waals surface area contributed by atoms with E-state index in [-0.39, 0.29) is 17.0 Å². The minimum atomic E-state index is -4.45. The van der Waals surface area contributed by atoms with Crippen LogP contribution in [-0.4, -0.2) is 0 Å². The van der Waals surface area contributed by atoms with Gasteiger partial charge in [0.05, 0.1) is 0 Å². The van der Waals surface area contributed by atoms with E-state index in [1.807, 2.05) is 0 Å². The van der Waals surface area contributed by atoms with Crippen molar-refractivity contribution in [1.82, 2.24) is 0 Å². The molecule has 0 spiro atoms. The standard InChI is InChI=1S/C8H5F4.BrH.Zn/c1-5-2-6(8(10,11)12)4-7(9)3-5;;/h2-4H,1H2;1H;. The number of hydrogen-bond acceptors (Lipinski definition) is 0.